The molecule has 0 atom stereocenters. The van der Waals surface area contributed by atoms with Gasteiger partial charge in [-0.1, -0.05) is 0 Å². The van der Waals surface area contributed by atoms with E-state index in [1.807, 2.05) is 0 Å². The summed E-state index contributed by atoms with van der Waals surface area (Å²) in [6.07, 6.45) is 0.809. The molecule has 0 aliphatic carbocycles. The molecule has 0 aliphatic heterocycles. The van der Waals surface area contributed by atoms with Gasteiger partial charge in [0, 0.05) is 37.6 Å². The number of benzene rings is 1. The van der Waals surface area contributed by atoms with Gasteiger partial charge in [0.05, 0.1) is 11.5 Å². The second-order valence-corrected chi connectivity index (χ2v) is 6.02. The van der Waals surface area contributed by atoms with Crippen molar-refractivity contribution in [3.8, 4) is 5.75 Å². The lowest BCUT2D eigenvalue weighted by molar-refractivity contribution is 0.0804. The van der Waals surface area contributed by atoms with Crippen LogP contribution in [0.5, 0.6) is 5.75 Å². The second kappa shape index (κ2) is 8.18. The van der Waals surface area contributed by atoms with E-state index in [9.17, 15) is 8.42 Å². The number of rotatable bonds is 9. The Bertz CT molecular complexity index is 560. The zero-order chi connectivity index (χ0) is 15.9. The van der Waals surface area contributed by atoms with Crippen LogP contribution in [-0.4, -0.2) is 42.0 Å². The Labute approximate surface area is 125 Å². The molecule has 120 valence electrons. The smallest absolute Gasteiger partial charge is 0.238 e. The third-order valence-corrected chi connectivity index (χ3v) is 3.80. The highest BCUT2D eigenvalue weighted by atomic mass is 32.2. The minimum atomic E-state index is -3.83. The fourth-order valence-corrected chi connectivity index (χ4v) is 2.57. The number of anilines is 1. The molecule has 21 heavy (non-hydrogen) atoms. The minimum Gasteiger partial charge on any atom is -0.491 e. The van der Waals surface area contributed by atoms with Gasteiger partial charge in [-0.2, -0.15) is 0 Å². The van der Waals surface area contributed by atoms with Gasteiger partial charge in [0.15, 0.2) is 0 Å². The Kier molecular flexibility index (Phi) is 6.90. The number of methoxy groups -OCH3 is 1. The predicted molar refractivity (Wildman–Crippen MR) is 79.8 cm³/mol. The molecule has 1 aromatic carbocycles. The largest absolute Gasteiger partial charge is 0.491 e. The molecule has 0 saturated carbocycles. The lowest BCUT2D eigenvalue weighted by Crippen LogP contribution is -2.15. The van der Waals surface area contributed by atoms with Crippen LogP contribution in [0.2, 0.25) is 0 Å². The average Bonchev–Trinajstić information content (AvgIpc) is 2.39. The van der Waals surface area contributed by atoms with Crippen molar-refractivity contribution in [2.45, 2.75) is 18.2 Å². The van der Waals surface area contributed by atoms with E-state index >= 15 is 0 Å². The normalized spacial score (nSPS) is 11.6. The van der Waals surface area contributed by atoms with E-state index in [0.717, 1.165) is 6.42 Å². The molecule has 0 fully saturated rings. The first-order chi connectivity index (χ1) is 9.86. The summed E-state index contributed by atoms with van der Waals surface area (Å²) in [4.78, 5) is -0.0292. The molecule has 1 rings (SSSR count). The zero-order valence-electron chi connectivity index (χ0n) is 12.3. The number of sulfonamides is 1. The molecule has 0 unspecified atom stereocenters. The van der Waals surface area contributed by atoms with E-state index in [1.165, 1.54) is 6.07 Å². The number of ether oxygens (including phenoxy) is 3. The van der Waals surface area contributed by atoms with Gasteiger partial charge in [-0.05, 0) is 19.4 Å². The molecule has 0 radical (unpaired) electrons. The first kappa shape index (κ1) is 17.7. The highest BCUT2D eigenvalue weighted by Crippen LogP contribution is 2.27. The first-order valence-corrected chi connectivity index (χ1v) is 8.03. The summed E-state index contributed by atoms with van der Waals surface area (Å²) in [6, 6.07) is 2.88. The van der Waals surface area contributed by atoms with Crippen molar-refractivity contribution in [1.82, 2.24) is 0 Å². The third-order valence-electron chi connectivity index (χ3n) is 2.76. The molecule has 0 spiro atoms. The van der Waals surface area contributed by atoms with Crippen molar-refractivity contribution < 1.29 is 22.6 Å². The summed E-state index contributed by atoms with van der Waals surface area (Å²) in [5, 5.41) is 5.14. The fourth-order valence-electron chi connectivity index (χ4n) is 1.75. The first-order valence-electron chi connectivity index (χ1n) is 6.48. The van der Waals surface area contributed by atoms with E-state index in [-0.39, 0.29) is 10.6 Å². The van der Waals surface area contributed by atoms with E-state index < -0.39 is 10.0 Å². The molecule has 0 aliphatic rings. The molecule has 4 N–H and O–H groups in total. The summed E-state index contributed by atoms with van der Waals surface area (Å²) >= 11 is 0. The van der Waals surface area contributed by atoms with Crippen LogP contribution in [0.1, 0.15) is 12.0 Å². The number of primary sulfonamides is 1. The van der Waals surface area contributed by atoms with Crippen LogP contribution >= 0.6 is 0 Å². The van der Waals surface area contributed by atoms with Gasteiger partial charge in [-0.3, -0.25) is 0 Å². The molecule has 8 heteroatoms. The monoisotopic (exact) mass is 318 g/mol. The molecule has 0 heterocycles. The predicted octanol–water partition coefficient (Wildman–Crippen LogP) is 0.657. The van der Waals surface area contributed by atoms with Crippen LogP contribution in [0.4, 0.5) is 5.69 Å². The van der Waals surface area contributed by atoms with Crippen LogP contribution < -0.4 is 15.6 Å². The Balaban J connectivity index is 2.58. The van der Waals surface area contributed by atoms with Gasteiger partial charge in [0.2, 0.25) is 10.0 Å². The maximum absolute atomic E-state index is 11.5. The van der Waals surface area contributed by atoms with Crippen LogP contribution in [-0.2, 0) is 19.5 Å². The van der Waals surface area contributed by atoms with E-state index in [4.69, 9.17) is 25.1 Å². The Morgan fingerprint density at radius 1 is 1.14 bits per heavy atom. The lowest BCUT2D eigenvalue weighted by Gasteiger charge is -2.13. The lowest BCUT2D eigenvalue weighted by atomic mass is 10.2. The molecular weight excluding hydrogens is 296 g/mol. The van der Waals surface area contributed by atoms with Crippen LogP contribution in [0.25, 0.3) is 0 Å². The molecule has 0 aromatic heterocycles. The summed E-state index contributed by atoms with van der Waals surface area (Å²) < 4.78 is 38.7. The van der Waals surface area contributed by atoms with Crippen molar-refractivity contribution >= 4 is 15.7 Å². The Hall–Kier alpha value is -1.35. The Morgan fingerprint density at radius 2 is 1.86 bits per heavy atom. The number of nitrogens with two attached hydrogens (primary N) is 2. The molecule has 0 bridgehead atoms. The van der Waals surface area contributed by atoms with Gasteiger partial charge < -0.3 is 19.9 Å². The second-order valence-electron chi connectivity index (χ2n) is 4.49. The van der Waals surface area contributed by atoms with E-state index in [0.29, 0.717) is 37.7 Å². The summed E-state index contributed by atoms with van der Waals surface area (Å²) in [7, 11) is -2.20. The van der Waals surface area contributed by atoms with Crippen molar-refractivity contribution in [2.75, 3.05) is 39.3 Å². The minimum absolute atomic E-state index is 0.0292. The average molecular weight is 318 g/mol. The van der Waals surface area contributed by atoms with Gasteiger partial charge in [-0.15, -0.1) is 0 Å². The highest BCUT2D eigenvalue weighted by molar-refractivity contribution is 7.89. The van der Waals surface area contributed by atoms with Crippen LogP contribution in [0, 0.1) is 6.92 Å². The Morgan fingerprint density at radius 3 is 2.48 bits per heavy atom. The van der Waals surface area contributed by atoms with Gasteiger partial charge in [-0.25, -0.2) is 13.6 Å². The fraction of sp³-hybridized carbons (Fsp3) is 0.538. The summed E-state index contributed by atoms with van der Waals surface area (Å²) in [5.41, 5.74) is 6.38. The number of hydrogen-bond donors (Lipinski definition) is 2. The topological polar surface area (TPSA) is 114 Å². The highest BCUT2D eigenvalue weighted by Gasteiger charge is 2.16. The van der Waals surface area contributed by atoms with Crippen molar-refractivity contribution in [3.63, 3.8) is 0 Å². The molecular formula is C13H22N2O5S. The quantitative estimate of drug-likeness (QED) is 0.510. The van der Waals surface area contributed by atoms with Crippen molar-refractivity contribution in [2.24, 2.45) is 5.14 Å². The SMILES string of the molecule is COCCCOCCOc1cc(N)cc(S(N)(=O)=O)c1C. The van der Waals surface area contributed by atoms with Crippen LogP contribution in [0.3, 0.4) is 0 Å². The van der Waals surface area contributed by atoms with E-state index in [1.54, 1.807) is 20.1 Å². The molecule has 7 nitrogen and oxygen atoms in total. The van der Waals surface area contributed by atoms with Gasteiger partial charge in [0.1, 0.15) is 12.4 Å². The van der Waals surface area contributed by atoms with Crippen LogP contribution in [0.15, 0.2) is 17.0 Å². The maximum atomic E-state index is 11.5. The molecule has 1 aromatic rings. The molecule has 0 amide bonds. The van der Waals surface area contributed by atoms with E-state index in [2.05, 4.69) is 0 Å². The number of hydrogen-bond acceptors (Lipinski definition) is 6. The standard InChI is InChI=1S/C13H22N2O5S/c1-10-12(20-7-6-19-5-3-4-18-2)8-11(14)9-13(10)21(15,16)17/h8-9H,3-7,14H2,1-2H3,(H2,15,16,17). The van der Waals surface area contributed by atoms with Gasteiger partial charge in [0.25, 0.3) is 0 Å². The van der Waals surface area contributed by atoms with Gasteiger partial charge >= 0.3 is 0 Å². The molecule has 0 saturated heterocycles. The zero-order valence-corrected chi connectivity index (χ0v) is 13.1. The maximum Gasteiger partial charge on any atom is 0.238 e. The number of nitrogen functional groups attached to an aromatic ring is 1. The van der Waals surface area contributed by atoms with Crippen molar-refractivity contribution in [3.05, 3.63) is 17.7 Å². The summed E-state index contributed by atoms with van der Waals surface area (Å²) in [5.74, 6) is 0.388. The third kappa shape index (κ3) is 5.88. The van der Waals surface area contributed by atoms with Crippen molar-refractivity contribution in [1.29, 1.82) is 0 Å². The summed E-state index contributed by atoms with van der Waals surface area (Å²) in [6.45, 7) is 3.53.